The van der Waals surface area contributed by atoms with E-state index in [4.69, 9.17) is 14.6 Å². The highest BCUT2D eigenvalue weighted by Gasteiger charge is 2.33. The van der Waals surface area contributed by atoms with Crippen molar-refractivity contribution >= 4 is 0 Å². The Morgan fingerprint density at radius 1 is 1.06 bits per heavy atom. The van der Waals surface area contributed by atoms with Crippen molar-refractivity contribution in [2.24, 2.45) is 0 Å². The molecule has 1 N–H and O–H groups in total. The van der Waals surface area contributed by atoms with Crippen LogP contribution < -0.4 is 4.74 Å². The minimum atomic E-state index is -0.403. The SMILES string of the molecule is Cc1ccc(Oc2c(CN(C[C@@H](O)CN3CCOCC3)C3CC3)c(C)nn2-c2ccccc2)cc1. The number of rotatable bonds is 10. The van der Waals surface area contributed by atoms with Gasteiger partial charge in [0, 0.05) is 38.8 Å². The molecule has 0 radical (unpaired) electrons. The summed E-state index contributed by atoms with van der Waals surface area (Å²) in [6, 6.07) is 18.7. The van der Waals surface area contributed by atoms with Gasteiger partial charge in [0.1, 0.15) is 5.75 Å². The van der Waals surface area contributed by atoms with Crippen LogP contribution in [0, 0.1) is 13.8 Å². The summed E-state index contributed by atoms with van der Waals surface area (Å²) >= 11 is 0. The summed E-state index contributed by atoms with van der Waals surface area (Å²) in [4.78, 5) is 4.70. The number of aliphatic hydroxyl groups is 1. The number of para-hydroxylation sites is 1. The third kappa shape index (κ3) is 6.11. The van der Waals surface area contributed by atoms with Crippen LogP contribution in [0.25, 0.3) is 5.69 Å². The Hall–Kier alpha value is -2.71. The van der Waals surface area contributed by atoms with E-state index in [9.17, 15) is 5.11 Å². The summed E-state index contributed by atoms with van der Waals surface area (Å²) in [5.41, 5.74) is 4.18. The van der Waals surface area contributed by atoms with Gasteiger partial charge in [-0.2, -0.15) is 5.10 Å². The molecule has 2 aliphatic rings. The van der Waals surface area contributed by atoms with Crippen molar-refractivity contribution in [3.05, 3.63) is 71.4 Å². The molecule has 2 fully saturated rings. The monoisotopic (exact) mass is 476 g/mol. The summed E-state index contributed by atoms with van der Waals surface area (Å²) in [5, 5.41) is 15.8. The molecule has 2 heterocycles. The lowest BCUT2D eigenvalue weighted by molar-refractivity contribution is 0.00545. The van der Waals surface area contributed by atoms with Crippen molar-refractivity contribution in [3.8, 4) is 17.3 Å². The van der Waals surface area contributed by atoms with Crippen LogP contribution in [0.15, 0.2) is 54.6 Å². The predicted molar refractivity (Wildman–Crippen MR) is 136 cm³/mol. The first kappa shape index (κ1) is 24.0. The second-order valence-electron chi connectivity index (χ2n) is 9.76. The molecule has 1 aliphatic heterocycles. The number of benzene rings is 2. The molecule has 1 atom stereocenters. The Labute approximate surface area is 207 Å². The molecule has 1 aromatic heterocycles. The van der Waals surface area contributed by atoms with E-state index in [0.717, 1.165) is 54.9 Å². The van der Waals surface area contributed by atoms with Crippen LogP contribution in [0.4, 0.5) is 0 Å². The molecule has 35 heavy (non-hydrogen) atoms. The first-order valence-corrected chi connectivity index (χ1v) is 12.7. The van der Waals surface area contributed by atoms with Crippen molar-refractivity contribution in [3.63, 3.8) is 0 Å². The third-order valence-electron chi connectivity index (χ3n) is 6.82. The average Bonchev–Trinajstić information content (AvgIpc) is 3.67. The first-order valence-electron chi connectivity index (χ1n) is 12.7. The molecule has 5 rings (SSSR count). The fraction of sp³-hybridized carbons (Fsp3) is 0.464. The number of morpholine rings is 1. The van der Waals surface area contributed by atoms with E-state index >= 15 is 0 Å². The van der Waals surface area contributed by atoms with Crippen molar-refractivity contribution in [2.75, 3.05) is 39.4 Å². The molecule has 0 amide bonds. The van der Waals surface area contributed by atoms with E-state index < -0.39 is 6.10 Å². The molecule has 3 aromatic rings. The number of β-amino-alcohol motifs (C(OH)–C–C–N with tert-alkyl or cyclic N) is 1. The zero-order valence-corrected chi connectivity index (χ0v) is 20.8. The minimum absolute atomic E-state index is 0.403. The zero-order valence-electron chi connectivity index (χ0n) is 20.8. The van der Waals surface area contributed by atoms with E-state index in [0.29, 0.717) is 25.7 Å². The highest BCUT2D eigenvalue weighted by Crippen LogP contribution is 2.35. The molecule has 186 valence electrons. The van der Waals surface area contributed by atoms with Crippen molar-refractivity contribution in [2.45, 2.75) is 45.4 Å². The van der Waals surface area contributed by atoms with E-state index in [1.807, 2.05) is 54.1 Å². The van der Waals surface area contributed by atoms with E-state index in [1.54, 1.807) is 0 Å². The molecular formula is C28H36N4O3. The lowest BCUT2D eigenvalue weighted by Gasteiger charge is -2.31. The number of aromatic nitrogens is 2. The summed E-state index contributed by atoms with van der Waals surface area (Å²) in [5.74, 6) is 1.53. The van der Waals surface area contributed by atoms with E-state index in [2.05, 4.69) is 28.9 Å². The maximum Gasteiger partial charge on any atom is 0.227 e. The van der Waals surface area contributed by atoms with E-state index in [1.165, 1.54) is 18.4 Å². The summed E-state index contributed by atoms with van der Waals surface area (Å²) in [6.07, 6.45) is 1.94. The van der Waals surface area contributed by atoms with Crippen LogP contribution in [0.1, 0.15) is 29.7 Å². The Morgan fingerprint density at radius 3 is 2.46 bits per heavy atom. The smallest absolute Gasteiger partial charge is 0.227 e. The minimum Gasteiger partial charge on any atom is -0.439 e. The molecule has 0 unspecified atom stereocenters. The number of hydrogen-bond donors (Lipinski definition) is 1. The van der Waals surface area contributed by atoms with Gasteiger partial charge in [0.15, 0.2) is 0 Å². The molecule has 0 bridgehead atoms. The topological polar surface area (TPSA) is 63.0 Å². The van der Waals surface area contributed by atoms with Gasteiger partial charge in [-0.15, -0.1) is 0 Å². The van der Waals surface area contributed by atoms with Gasteiger partial charge in [-0.25, -0.2) is 4.68 Å². The quantitative estimate of drug-likeness (QED) is 0.478. The maximum absolute atomic E-state index is 10.9. The predicted octanol–water partition coefficient (Wildman–Crippen LogP) is 3.94. The molecule has 7 nitrogen and oxygen atoms in total. The molecule has 0 spiro atoms. The largest absolute Gasteiger partial charge is 0.439 e. The number of nitrogens with zero attached hydrogens (tertiary/aromatic N) is 4. The van der Waals surface area contributed by atoms with Gasteiger partial charge in [-0.1, -0.05) is 35.9 Å². The number of aliphatic hydroxyl groups excluding tert-OH is 1. The fourth-order valence-corrected chi connectivity index (χ4v) is 4.68. The Bertz CT molecular complexity index is 1090. The molecule has 1 aliphatic carbocycles. The summed E-state index contributed by atoms with van der Waals surface area (Å²) in [6.45, 7) is 9.41. The lowest BCUT2D eigenvalue weighted by atomic mass is 10.2. The van der Waals surface area contributed by atoms with Gasteiger partial charge in [0.05, 0.1) is 36.3 Å². The van der Waals surface area contributed by atoms with Crippen molar-refractivity contribution in [1.29, 1.82) is 0 Å². The fourth-order valence-electron chi connectivity index (χ4n) is 4.68. The van der Waals surface area contributed by atoms with Crippen molar-refractivity contribution in [1.82, 2.24) is 19.6 Å². The van der Waals surface area contributed by atoms with Gasteiger partial charge >= 0.3 is 0 Å². The molecule has 1 saturated heterocycles. The van der Waals surface area contributed by atoms with Crippen LogP contribution in [0.5, 0.6) is 11.6 Å². The van der Waals surface area contributed by atoms with Gasteiger partial charge in [-0.05, 0) is 51.0 Å². The summed E-state index contributed by atoms with van der Waals surface area (Å²) < 4.78 is 13.8. The lowest BCUT2D eigenvalue weighted by Crippen LogP contribution is -2.45. The highest BCUT2D eigenvalue weighted by atomic mass is 16.5. The van der Waals surface area contributed by atoms with Gasteiger partial charge in [-0.3, -0.25) is 9.80 Å². The Morgan fingerprint density at radius 2 is 1.77 bits per heavy atom. The zero-order chi connectivity index (χ0) is 24.2. The molecule has 1 saturated carbocycles. The van der Waals surface area contributed by atoms with Crippen LogP contribution >= 0.6 is 0 Å². The van der Waals surface area contributed by atoms with E-state index in [-0.39, 0.29) is 0 Å². The Balaban J connectivity index is 1.40. The van der Waals surface area contributed by atoms with Gasteiger partial charge in [0.25, 0.3) is 0 Å². The second-order valence-corrected chi connectivity index (χ2v) is 9.76. The van der Waals surface area contributed by atoms with Gasteiger partial charge in [0.2, 0.25) is 5.88 Å². The van der Waals surface area contributed by atoms with Crippen LogP contribution in [-0.4, -0.2) is 76.2 Å². The number of ether oxygens (including phenoxy) is 2. The normalized spacial score (nSPS) is 17.6. The average molecular weight is 477 g/mol. The first-order chi connectivity index (χ1) is 17.1. The number of aryl methyl sites for hydroxylation is 2. The second kappa shape index (κ2) is 10.9. The maximum atomic E-state index is 10.9. The van der Waals surface area contributed by atoms with Gasteiger partial charge < -0.3 is 14.6 Å². The molecule has 7 heteroatoms. The Kier molecular flexibility index (Phi) is 7.48. The van der Waals surface area contributed by atoms with Crippen LogP contribution in [-0.2, 0) is 11.3 Å². The van der Waals surface area contributed by atoms with Crippen LogP contribution in [0.3, 0.4) is 0 Å². The number of hydrogen-bond acceptors (Lipinski definition) is 6. The third-order valence-corrected chi connectivity index (χ3v) is 6.82. The highest BCUT2D eigenvalue weighted by molar-refractivity contribution is 5.43. The van der Waals surface area contributed by atoms with Crippen LogP contribution in [0.2, 0.25) is 0 Å². The molecule has 2 aromatic carbocycles. The standard InChI is InChI=1S/C28H36N4O3/c1-21-8-12-26(13-9-21)35-28-27(22(2)29-32(28)24-6-4-3-5-7-24)20-31(23-10-11-23)19-25(33)18-30-14-16-34-17-15-30/h3-9,12-13,23,25,33H,10-11,14-20H2,1-2H3/t25-/m0/s1. The van der Waals surface area contributed by atoms with Crippen molar-refractivity contribution < 1.29 is 14.6 Å². The molecular weight excluding hydrogens is 440 g/mol. The summed E-state index contributed by atoms with van der Waals surface area (Å²) in [7, 11) is 0.